The van der Waals surface area contributed by atoms with Gasteiger partial charge >= 0.3 is 6.03 Å². The van der Waals surface area contributed by atoms with Crippen LogP contribution in [0.5, 0.6) is 5.75 Å². The maximum atomic E-state index is 12.9. The van der Waals surface area contributed by atoms with Crippen molar-refractivity contribution in [2.75, 3.05) is 25.6 Å². The molecule has 1 atom stereocenters. The van der Waals surface area contributed by atoms with E-state index in [2.05, 4.69) is 11.4 Å². The molecule has 1 N–H and O–H groups in total. The van der Waals surface area contributed by atoms with Gasteiger partial charge in [0.15, 0.2) is 0 Å². The van der Waals surface area contributed by atoms with E-state index in [1.54, 1.807) is 36.3 Å². The number of hydrogen-bond acceptors (Lipinski definition) is 4. The van der Waals surface area contributed by atoms with E-state index in [9.17, 15) is 4.79 Å². The number of carbonyl (C=O) groups excluding carboxylic acids is 1. The van der Waals surface area contributed by atoms with E-state index in [-0.39, 0.29) is 12.1 Å². The molecule has 0 spiro atoms. The van der Waals surface area contributed by atoms with E-state index in [1.165, 1.54) is 0 Å². The predicted molar refractivity (Wildman–Crippen MR) is 103 cm³/mol. The maximum Gasteiger partial charge on any atom is 0.322 e. The lowest BCUT2D eigenvalue weighted by Gasteiger charge is -2.26. The molecule has 1 saturated heterocycles. The topological polar surface area (TPSA) is 74.6 Å². The number of para-hydroxylation sites is 1. The minimum atomic E-state index is -0.230. The molecule has 2 aromatic carbocycles. The molecule has 1 aliphatic heterocycles. The van der Waals surface area contributed by atoms with Gasteiger partial charge in [0, 0.05) is 24.4 Å². The molecule has 140 valence electrons. The van der Waals surface area contributed by atoms with E-state index >= 15 is 0 Å². The fourth-order valence-electron chi connectivity index (χ4n) is 3.16. The van der Waals surface area contributed by atoms with Crippen molar-refractivity contribution in [3.05, 3.63) is 59.7 Å². The van der Waals surface area contributed by atoms with Crippen molar-refractivity contribution in [1.82, 2.24) is 4.90 Å². The third-order valence-electron chi connectivity index (χ3n) is 4.53. The molecule has 6 heteroatoms. The highest BCUT2D eigenvalue weighted by Crippen LogP contribution is 2.22. The summed E-state index contributed by atoms with van der Waals surface area (Å²) in [4.78, 5) is 14.7. The quantitative estimate of drug-likeness (QED) is 0.845. The summed E-state index contributed by atoms with van der Waals surface area (Å²) < 4.78 is 11.1. The molecule has 27 heavy (non-hydrogen) atoms. The van der Waals surface area contributed by atoms with Crippen molar-refractivity contribution in [2.45, 2.75) is 25.5 Å². The zero-order chi connectivity index (χ0) is 19.1. The smallest absolute Gasteiger partial charge is 0.322 e. The molecular weight excluding hydrogens is 342 g/mol. The van der Waals surface area contributed by atoms with Crippen molar-refractivity contribution < 1.29 is 14.3 Å². The van der Waals surface area contributed by atoms with Crippen LogP contribution < -0.4 is 10.1 Å². The number of anilines is 1. The SMILES string of the molecule is COc1ccccc1CN(CC1CCCO1)C(=O)Nc1cccc(C#N)c1. The second-order valence-corrected chi connectivity index (χ2v) is 6.45. The summed E-state index contributed by atoms with van der Waals surface area (Å²) in [6.07, 6.45) is 1.99. The van der Waals surface area contributed by atoms with E-state index in [4.69, 9.17) is 14.7 Å². The van der Waals surface area contributed by atoms with E-state index < -0.39 is 0 Å². The van der Waals surface area contributed by atoms with Crippen LogP contribution in [0.3, 0.4) is 0 Å². The van der Waals surface area contributed by atoms with Gasteiger partial charge in [0.2, 0.25) is 0 Å². The third-order valence-corrected chi connectivity index (χ3v) is 4.53. The Morgan fingerprint density at radius 2 is 2.19 bits per heavy atom. The summed E-state index contributed by atoms with van der Waals surface area (Å²) >= 11 is 0. The van der Waals surface area contributed by atoms with E-state index in [0.717, 1.165) is 30.8 Å². The summed E-state index contributed by atoms with van der Waals surface area (Å²) in [7, 11) is 1.62. The first-order valence-corrected chi connectivity index (χ1v) is 8.99. The first-order chi connectivity index (χ1) is 13.2. The number of ether oxygens (including phenoxy) is 2. The van der Waals surface area contributed by atoms with Crippen LogP contribution in [0.25, 0.3) is 0 Å². The Labute approximate surface area is 159 Å². The van der Waals surface area contributed by atoms with Gasteiger partial charge in [-0.25, -0.2) is 4.79 Å². The van der Waals surface area contributed by atoms with Gasteiger partial charge in [-0.15, -0.1) is 0 Å². The van der Waals surface area contributed by atoms with Gasteiger partial charge in [0.25, 0.3) is 0 Å². The molecule has 1 heterocycles. The van der Waals surface area contributed by atoms with Crippen molar-refractivity contribution in [3.63, 3.8) is 0 Å². The van der Waals surface area contributed by atoms with Crippen LogP contribution >= 0.6 is 0 Å². The number of nitrogens with one attached hydrogen (secondary N) is 1. The van der Waals surface area contributed by atoms with Crippen LogP contribution in [0, 0.1) is 11.3 Å². The summed E-state index contributed by atoms with van der Waals surface area (Å²) in [5.74, 6) is 0.745. The largest absolute Gasteiger partial charge is 0.496 e. The number of benzene rings is 2. The molecule has 0 radical (unpaired) electrons. The van der Waals surface area contributed by atoms with Crippen molar-refractivity contribution >= 4 is 11.7 Å². The molecule has 3 rings (SSSR count). The lowest BCUT2D eigenvalue weighted by molar-refractivity contribution is 0.0817. The minimum Gasteiger partial charge on any atom is -0.496 e. The molecule has 1 fully saturated rings. The molecular formula is C21H23N3O3. The molecule has 6 nitrogen and oxygen atoms in total. The Hall–Kier alpha value is -3.04. The van der Waals surface area contributed by atoms with Crippen molar-refractivity contribution in [1.29, 1.82) is 5.26 Å². The molecule has 2 aromatic rings. The van der Waals surface area contributed by atoms with Crippen molar-refractivity contribution in [2.24, 2.45) is 0 Å². The second-order valence-electron chi connectivity index (χ2n) is 6.45. The third kappa shape index (κ3) is 4.99. The van der Waals surface area contributed by atoms with Gasteiger partial charge < -0.3 is 19.7 Å². The monoisotopic (exact) mass is 365 g/mol. The minimum absolute atomic E-state index is 0.0379. The van der Waals surface area contributed by atoms with Gasteiger partial charge in [0.1, 0.15) is 5.75 Å². The van der Waals surface area contributed by atoms with Crippen LogP contribution in [0.4, 0.5) is 10.5 Å². The molecule has 0 bridgehead atoms. The molecule has 0 saturated carbocycles. The van der Waals surface area contributed by atoms with Crippen LogP contribution in [-0.4, -0.2) is 37.3 Å². The van der Waals surface area contributed by atoms with E-state index in [0.29, 0.717) is 24.3 Å². The Morgan fingerprint density at radius 3 is 2.93 bits per heavy atom. The number of urea groups is 1. The lowest BCUT2D eigenvalue weighted by atomic mass is 10.1. The molecule has 1 aliphatic rings. The summed E-state index contributed by atoms with van der Waals surface area (Å²) in [6.45, 7) is 1.65. The molecule has 0 aromatic heterocycles. The Kier molecular flexibility index (Phi) is 6.29. The van der Waals surface area contributed by atoms with Gasteiger partial charge in [0.05, 0.1) is 31.4 Å². The van der Waals surface area contributed by atoms with Gasteiger partial charge in [-0.05, 0) is 37.1 Å². The summed E-state index contributed by atoms with van der Waals surface area (Å²) in [5.41, 5.74) is 2.03. The first kappa shape index (κ1) is 18.7. The number of methoxy groups -OCH3 is 1. The Balaban J connectivity index is 1.77. The number of nitrogens with zero attached hydrogens (tertiary/aromatic N) is 2. The second kappa shape index (κ2) is 9.06. The number of nitriles is 1. The number of amides is 2. The molecule has 2 amide bonds. The number of rotatable bonds is 6. The summed E-state index contributed by atoms with van der Waals surface area (Å²) in [6, 6.07) is 16.4. The highest BCUT2D eigenvalue weighted by atomic mass is 16.5. The van der Waals surface area contributed by atoms with Gasteiger partial charge in [-0.2, -0.15) is 5.26 Å². The normalized spacial score (nSPS) is 15.8. The lowest BCUT2D eigenvalue weighted by Crippen LogP contribution is -2.39. The van der Waals surface area contributed by atoms with Gasteiger partial charge in [-0.3, -0.25) is 0 Å². The Bertz CT molecular complexity index is 825. The first-order valence-electron chi connectivity index (χ1n) is 8.99. The predicted octanol–water partition coefficient (Wildman–Crippen LogP) is 3.78. The van der Waals surface area contributed by atoms with E-state index in [1.807, 2.05) is 24.3 Å². The highest BCUT2D eigenvalue weighted by molar-refractivity contribution is 5.89. The van der Waals surface area contributed by atoms with Crippen LogP contribution in [0.1, 0.15) is 24.0 Å². The zero-order valence-electron chi connectivity index (χ0n) is 15.4. The average molecular weight is 365 g/mol. The Morgan fingerprint density at radius 1 is 1.33 bits per heavy atom. The van der Waals surface area contributed by atoms with Crippen LogP contribution in [0.2, 0.25) is 0 Å². The number of carbonyl (C=O) groups is 1. The fourth-order valence-corrected chi connectivity index (χ4v) is 3.16. The van der Waals surface area contributed by atoms with Crippen molar-refractivity contribution in [3.8, 4) is 11.8 Å². The molecule has 1 unspecified atom stereocenters. The number of hydrogen-bond donors (Lipinski definition) is 1. The van der Waals surface area contributed by atoms with Crippen LogP contribution in [-0.2, 0) is 11.3 Å². The highest BCUT2D eigenvalue weighted by Gasteiger charge is 2.23. The maximum absolute atomic E-state index is 12.9. The standard InChI is InChI=1S/C21H23N3O3/c1-26-20-10-3-2-7-17(20)14-24(15-19-9-5-11-27-19)21(25)23-18-8-4-6-16(12-18)13-22/h2-4,6-8,10,12,19H,5,9,11,14-15H2,1H3,(H,23,25). The van der Waals surface area contributed by atoms with Gasteiger partial charge in [-0.1, -0.05) is 24.3 Å². The zero-order valence-corrected chi connectivity index (χ0v) is 15.4. The summed E-state index contributed by atoms with van der Waals surface area (Å²) in [5, 5.41) is 11.9. The average Bonchev–Trinajstić information content (AvgIpc) is 3.21. The van der Waals surface area contributed by atoms with Crippen LogP contribution in [0.15, 0.2) is 48.5 Å². The fraction of sp³-hybridized carbons (Fsp3) is 0.333. The molecule has 0 aliphatic carbocycles.